The smallest absolute Gasteiger partial charge is 0.376 e. The maximum atomic E-state index is 12.8. The lowest BCUT2D eigenvalue weighted by atomic mass is 9.95. The molecule has 0 bridgehead atoms. The highest BCUT2D eigenvalue weighted by Crippen LogP contribution is 2.45. The molecule has 0 saturated heterocycles. The van der Waals surface area contributed by atoms with E-state index in [2.05, 4.69) is 0 Å². The maximum absolute atomic E-state index is 12.8. The number of hydrogen-bond acceptors (Lipinski definition) is 3. The van der Waals surface area contributed by atoms with E-state index < -0.39 is 11.8 Å². The van der Waals surface area contributed by atoms with E-state index >= 15 is 0 Å². The van der Waals surface area contributed by atoms with Crippen LogP contribution < -0.4 is 0 Å². The molecule has 92 valence electrons. The number of hydrogen-bond donors (Lipinski definition) is 1. The summed E-state index contributed by atoms with van der Waals surface area (Å²) in [7, 11) is 0. The van der Waals surface area contributed by atoms with Gasteiger partial charge < -0.3 is 5.11 Å². The third kappa shape index (κ3) is 2.12. The Hall–Kier alpha value is -0.850. The molecule has 6 heteroatoms. The fourth-order valence-electron chi connectivity index (χ4n) is 1.44. The van der Waals surface area contributed by atoms with Crippen molar-refractivity contribution in [1.82, 2.24) is 0 Å². The minimum Gasteiger partial charge on any atom is -0.376 e. The zero-order valence-electron chi connectivity index (χ0n) is 8.78. The first-order valence-corrected chi connectivity index (χ1v) is 6.51. The maximum Gasteiger partial charge on any atom is 0.421 e. The van der Waals surface area contributed by atoms with Crippen molar-refractivity contribution in [2.75, 3.05) is 0 Å². The van der Waals surface area contributed by atoms with E-state index in [1.54, 1.807) is 22.9 Å². The molecule has 0 aromatic carbocycles. The lowest BCUT2D eigenvalue weighted by Crippen LogP contribution is -2.39. The van der Waals surface area contributed by atoms with E-state index in [9.17, 15) is 18.3 Å². The average molecular weight is 278 g/mol. The van der Waals surface area contributed by atoms with Crippen LogP contribution >= 0.6 is 22.7 Å². The summed E-state index contributed by atoms with van der Waals surface area (Å²) in [6, 6.07) is 4.84. The van der Waals surface area contributed by atoms with Crippen molar-refractivity contribution in [3.8, 4) is 9.75 Å². The summed E-state index contributed by atoms with van der Waals surface area (Å²) in [5.74, 6) is 0. The van der Waals surface area contributed by atoms with E-state index in [1.807, 2.05) is 0 Å². The Kier molecular flexibility index (Phi) is 3.05. The number of rotatable bonds is 2. The molecule has 1 nitrogen and oxygen atoms in total. The van der Waals surface area contributed by atoms with Crippen molar-refractivity contribution in [2.24, 2.45) is 0 Å². The van der Waals surface area contributed by atoms with E-state index in [1.165, 1.54) is 28.7 Å². The van der Waals surface area contributed by atoms with Crippen LogP contribution in [-0.2, 0) is 5.60 Å². The van der Waals surface area contributed by atoms with Crippen molar-refractivity contribution in [2.45, 2.75) is 18.7 Å². The van der Waals surface area contributed by atoms with Gasteiger partial charge in [0.05, 0.1) is 4.88 Å². The quantitative estimate of drug-likeness (QED) is 0.871. The lowest BCUT2D eigenvalue weighted by Gasteiger charge is -2.26. The van der Waals surface area contributed by atoms with Gasteiger partial charge in [-0.15, -0.1) is 22.7 Å². The molecule has 0 aliphatic rings. The Morgan fingerprint density at radius 1 is 1.12 bits per heavy atom. The van der Waals surface area contributed by atoms with Gasteiger partial charge in [0.1, 0.15) is 0 Å². The molecule has 0 radical (unpaired) electrons. The molecule has 0 saturated carbocycles. The molecular weight excluding hydrogens is 269 g/mol. The van der Waals surface area contributed by atoms with Gasteiger partial charge in [-0.05, 0) is 29.8 Å². The van der Waals surface area contributed by atoms with Gasteiger partial charge in [0.25, 0.3) is 0 Å². The summed E-state index contributed by atoms with van der Waals surface area (Å²) in [5.41, 5.74) is -2.90. The molecular formula is C11H9F3OS2. The Morgan fingerprint density at radius 3 is 2.35 bits per heavy atom. The van der Waals surface area contributed by atoms with Crippen LogP contribution in [0.1, 0.15) is 12.5 Å². The number of aliphatic hydroxyl groups is 1. The van der Waals surface area contributed by atoms with Crippen LogP contribution in [0.5, 0.6) is 0 Å². The first-order valence-electron chi connectivity index (χ1n) is 4.75. The molecule has 1 atom stereocenters. The minimum atomic E-state index is -4.68. The van der Waals surface area contributed by atoms with Crippen LogP contribution in [0.4, 0.5) is 13.2 Å². The van der Waals surface area contributed by atoms with E-state index in [-0.39, 0.29) is 5.56 Å². The summed E-state index contributed by atoms with van der Waals surface area (Å²) in [6.07, 6.45) is -4.68. The van der Waals surface area contributed by atoms with Crippen molar-refractivity contribution >= 4 is 22.7 Å². The van der Waals surface area contributed by atoms with Gasteiger partial charge in [-0.1, -0.05) is 6.07 Å². The predicted molar refractivity (Wildman–Crippen MR) is 63.3 cm³/mol. The molecule has 2 aromatic rings. The van der Waals surface area contributed by atoms with Crippen LogP contribution in [0.25, 0.3) is 9.75 Å². The van der Waals surface area contributed by atoms with Gasteiger partial charge >= 0.3 is 6.18 Å². The van der Waals surface area contributed by atoms with Crippen LogP contribution in [0.2, 0.25) is 0 Å². The van der Waals surface area contributed by atoms with Crippen LogP contribution in [0, 0.1) is 0 Å². The fourth-order valence-corrected chi connectivity index (χ4v) is 3.33. The van der Waals surface area contributed by atoms with Crippen LogP contribution in [-0.4, -0.2) is 11.3 Å². The summed E-state index contributed by atoms with van der Waals surface area (Å²) in [6.45, 7) is 0.784. The molecule has 17 heavy (non-hydrogen) atoms. The number of alkyl halides is 3. The molecule has 1 unspecified atom stereocenters. The zero-order valence-corrected chi connectivity index (χ0v) is 10.4. The fraction of sp³-hybridized carbons (Fsp3) is 0.273. The molecule has 0 fully saturated rings. The largest absolute Gasteiger partial charge is 0.421 e. The lowest BCUT2D eigenvalue weighted by molar-refractivity contribution is -0.258. The second-order valence-electron chi connectivity index (χ2n) is 3.71. The average Bonchev–Trinajstić information content (AvgIpc) is 2.86. The van der Waals surface area contributed by atoms with Crippen molar-refractivity contribution in [3.63, 3.8) is 0 Å². The van der Waals surface area contributed by atoms with Gasteiger partial charge in [-0.2, -0.15) is 13.2 Å². The molecule has 0 aliphatic carbocycles. The SMILES string of the molecule is CC(O)(c1ccsc1-c1cccs1)C(F)(F)F. The van der Waals surface area contributed by atoms with E-state index in [0.29, 0.717) is 4.88 Å². The van der Waals surface area contributed by atoms with Gasteiger partial charge in [0.2, 0.25) is 0 Å². The van der Waals surface area contributed by atoms with Gasteiger partial charge in [-0.3, -0.25) is 0 Å². The molecule has 2 heterocycles. The Balaban J connectivity index is 2.52. The molecule has 1 N–H and O–H groups in total. The predicted octanol–water partition coefficient (Wildman–Crippen LogP) is 4.25. The van der Waals surface area contributed by atoms with Crippen molar-refractivity contribution in [3.05, 3.63) is 34.5 Å². The highest BCUT2D eigenvalue weighted by Gasteiger charge is 2.52. The van der Waals surface area contributed by atoms with Crippen LogP contribution in [0.3, 0.4) is 0 Å². The second-order valence-corrected chi connectivity index (χ2v) is 5.57. The summed E-state index contributed by atoms with van der Waals surface area (Å²) in [5, 5.41) is 13.0. The Bertz CT molecular complexity index is 497. The topological polar surface area (TPSA) is 20.2 Å². The molecule has 0 aliphatic heterocycles. The second kappa shape index (κ2) is 4.12. The normalized spacial score (nSPS) is 15.8. The van der Waals surface area contributed by atoms with Crippen molar-refractivity contribution in [1.29, 1.82) is 0 Å². The Morgan fingerprint density at radius 2 is 1.82 bits per heavy atom. The molecule has 2 aromatic heterocycles. The zero-order chi connectivity index (χ0) is 12.7. The van der Waals surface area contributed by atoms with Gasteiger partial charge in [-0.25, -0.2) is 0 Å². The molecule has 0 spiro atoms. The summed E-state index contributed by atoms with van der Waals surface area (Å²) in [4.78, 5) is 1.21. The van der Waals surface area contributed by atoms with E-state index in [0.717, 1.165) is 11.8 Å². The first kappa shape index (κ1) is 12.6. The van der Waals surface area contributed by atoms with Crippen LogP contribution in [0.15, 0.2) is 29.0 Å². The molecule has 2 rings (SSSR count). The minimum absolute atomic E-state index is 0.0857. The third-order valence-electron chi connectivity index (χ3n) is 2.49. The Labute approximate surface area is 104 Å². The van der Waals surface area contributed by atoms with Gasteiger partial charge in [0.15, 0.2) is 5.60 Å². The molecule has 0 amide bonds. The van der Waals surface area contributed by atoms with Crippen molar-refractivity contribution < 1.29 is 18.3 Å². The summed E-state index contributed by atoms with van der Waals surface area (Å²) < 4.78 is 38.3. The highest BCUT2D eigenvalue weighted by atomic mass is 32.1. The monoisotopic (exact) mass is 278 g/mol. The summed E-state index contributed by atoms with van der Waals surface area (Å²) >= 11 is 2.55. The number of thiophene rings is 2. The third-order valence-corrected chi connectivity index (χ3v) is 4.45. The number of halogens is 3. The highest BCUT2D eigenvalue weighted by molar-refractivity contribution is 7.20. The first-order chi connectivity index (χ1) is 7.84. The van der Waals surface area contributed by atoms with E-state index in [4.69, 9.17) is 0 Å². The van der Waals surface area contributed by atoms with Gasteiger partial charge in [0, 0.05) is 10.4 Å². The standard InChI is InChI=1S/C11H9F3OS2/c1-10(15,11(12,13)14)7-4-6-17-9(7)8-3-2-5-16-8/h2-6,15H,1H3.